The molecule has 49 heavy (non-hydrogen) atoms. The number of carbonyl (C=O) groups excluding carboxylic acids is 1. The molecule has 1 aromatic heterocycles. The van der Waals surface area contributed by atoms with Crippen molar-refractivity contribution in [3.05, 3.63) is 82.9 Å². The van der Waals surface area contributed by atoms with Gasteiger partial charge in [-0.05, 0) is 101 Å². The predicted molar refractivity (Wildman–Crippen MR) is 217 cm³/mol. The number of nitrogens with one attached hydrogen (secondary N) is 3. The molecular weight excluding hydrogens is 613 g/mol. The standard InChI is InChI=1S/C31H42B8F2N6O2/c1-46-28(32,33)30(36,37)47(31(38,39)29(46,34)35)21-3-4-22(25(15-21)42-20-6-8-49-9-7-20)27(48)43-26-23-13-16(2-5-24(23)44-45-26)10-17-11-18(40)14-19(41)12-17/h2-5,11-15,20,42H,6-10,32-39H2,1H3,(H2,43,44,45,48). The molecule has 2 fully saturated rings. The van der Waals surface area contributed by atoms with Crippen LogP contribution in [0.4, 0.5) is 26.0 Å². The van der Waals surface area contributed by atoms with Crippen molar-refractivity contribution in [1.29, 1.82) is 0 Å². The van der Waals surface area contributed by atoms with Gasteiger partial charge in [0.05, 0.1) is 11.1 Å². The number of aromatic nitrogens is 2. The number of benzene rings is 3. The summed E-state index contributed by atoms with van der Waals surface area (Å²) in [7, 11) is 20.6. The van der Waals surface area contributed by atoms with Crippen LogP contribution in [-0.2, 0) is 11.2 Å². The minimum absolute atomic E-state index is 0.165. The second-order valence-electron chi connectivity index (χ2n) is 15.8. The number of carbonyl (C=O) groups is 1. The second-order valence-corrected chi connectivity index (χ2v) is 15.8. The first kappa shape index (κ1) is 35.3. The minimum atomic E-state index is -0.615. The van der Waals surface area contributed by atoms with Gasteiger partial charge in [-0.1, -0.05) is 6.07 Å². The SMILES string of the molecule is BC1(B)N(C)C(B)(B)C(B)(B)N(c2ccc(C(=O)Nc3n[nH]c4ccc(Cc5cc(F)cc(F)c5)cc34)c(NC3CCOCC3)c2)C1(B)B. The number of fused-ring (bicyclic) bond motifs is 1. The largest absolute Gasteiger partial charge is 0.391 e. The molecule has 3 N–H and O–H groups in total. The average Bonchev–Trinajstić information content (AvgIpc) is 3.41. The van der Waals surface area contributed by atoms with E-state index in [1.54, 1.807) is 0 Å². The summed E-state index contributed by atoms with van der Waals surface area (Å²) in [4.78, 5) is 19.2. The number of rotatable bonds is 7. The molecule has 1 amide bonds. The normalized spacial score (nSPS) is 20.2. The Hall–Kier alpha value is -3.50. The highest BCUT2D eigenvalue weighted by Crippen LogP contribution is 2.45. The molecule has 2 aliphatic rings. The monoisotopic (exact) mass is 656 g/mol. The lowest BCUT2D eigenvalue weighted by Crippen LogP contribution is -2.91. The van der Waals surface area contributed by atoms with E-state index >= 15 is 0 Å². The van der Waals surface area contributed by atoms with Crippen LogP contribution in [0.1, 0.15) is 34.3 Å². The summed E-state index contributed by atoms with van der Waals surface area (Å²) in [5, 5.41) is 14.0. The Morgan fingerprint density at radius 1 is 0.878 bits per heavy atom. The number of H-pyrrole nitrogens is 1. The van der Waals surface area contributed by atoms with Crippen molar-refractivity contribution in [3.63, 3.8) is 0 Å². The molecule has 0 saturated carbocycles. The van der Waals surface area contributed by atoms with Crippen molar-refractivity contribution in [3.8, 4) is 0 Å². The Morgan fingerprint density at radius 2 is 1.51 bits per heavy atom. The van der Waals surface area contributed by atoms with Gasteiger partial charge in [0.25, 0.3) is 5.91 Å². The number of anilines is 3. The molecule has 0 bridgehead atoms. The van der Waals surface area contributed by atoms with E-state index in [1.165, 1.54) is 12.1 Å². The van der Waals surface area contributed by atoms with Crippen LogP contribution < -0.4 is 15.5 Å². The second kappa shape index (κ2) is 12.7. The zero-order chi connectivity index (χ0) is 35.5. The predicted octanol–water partition coefficient (Wildman–Crippen LogP) is -3.29. The van der Waals surface area contributed by atoms with Crippen molar-refractivity contribution in [2.24, 2.45) is 0 Å². The van der Waals surface area contributed by atoms with Crippen LogP contribution >= 0.6 is 0 Å². The summed E-state index contributed by atoms with van der Waals surface area (Å²) >= 11 is 0. The molecule has 0 aliphatic carbocycles. The molecule has 8 nitrogen and oxygen atoms in total. The molecule has 0 spiro atoms. The van der Waals surface area contributed by atoms with Crippen LogP contribution in [0.3, 0.4) is 0 Å². The molecule has 6 rings (SSSR count). The number of hydrogen-bond acceptors (Lipinski definition) is 6. The van der Waals surface area contributed by atoms with Gasteiger partial charge in [0.2, 0.25) is 0 Å². The molecule has 3 heterocycles. The van der Waals surface area contributed by atoms with Crippen LogP contribution in [0, 0.1) is 11.6 Å². The quantitative estimate of drug-likeness (QED) is 0.181. The van der Waals surface area contributed by atoms with Crippen LogP contribution in [0.2, 0.25) is 0 Å². The van der Waals surface area contributed by atoms with E-state index in [2.05, 4.69) is 113 Å². The topological polar surface area (TPSA) is 85.5 Å². The molecular formula is C31H42B8F2N6O2. The summed E-state index contributed by atoms with van der Waals surface area (Å²) in [6, 6.07) is 15.4. The van der Waals surface area contributed by atoms with Crippen LogP contribution in [0.15, 0.2) is 54.6 Å². The number of amides is 1. The van der Waals surface area contributed by atoms with E-state index < -0.39 is 11.6 Å². The lowest BCUT2D eigenvalue weighted by Gasteiger charge is -2.74. The lowest BCUT2D eigenvalue weighted by atomic mass is 9.26. The highest BCUT2D eigenvalue weighted by atomic mass is 19.1. The Kier molecular flexibility index (Phi) is 9.14. The van der Waals surface area contributed by atoms with Crippen LogP contribution in [0.5, 0.6) is 0 Å². The molecule has 0 unspecified atom stereocenters. The molecule has 2 aliphatic heterocycles. The Morgan fingerprint density at radius 3 is 2.14 bits per heavy atom. The van der Waals surface area contributed by atoms with Gasteiger partial charge in [-0.25, -0.2) is 8.78 Å². The fourth-order valence-corrected chi connectivity index (χ4v) is 7.85. The summed E-state index contributed by atoms with van der Waals surface area (Å²) in [6.07, 6.45) is 2.02. The summed E-state index contributed by atoms with van der Waals surface area (Å²) < 4.78 is 33.3. The van der Waals surface area contributed by atoms with Gasteiger partial charge in [-0.15, -0.1) is 0 Å². The number of ether oxygens (including phenoxy) is 1. The smallest absolute Gasteiger partial charge is 0.258 e. The van der Waals surface area contributed by atoms with Crippen LogP contribution in [-0.4, -0.2) is 131 Å². The number of piperazine rings is 1. The Balaban J connectivity index is 1.36. The lowest BCUT2D eigenvalue weighted by molar-refractivity contribution is 0.0904. The van der Waals surface area contributed by atoms with Gasteiger partial charge in [0.15, 0.2) is 5.82 Å². The number of hydrogen-bond donors (Lipinski definition) is 3. The molecule has 18 heteroatoms. The third kappa shape index (κ3) is 6.24. The zero-order valence-electron chi connectivity index (χ0n) is 30.2. The summed E-state index contributed by atoms with van der Waals surface area (Å²) in [5.74, 6) is -1.13. The van der Waals surface area contributed by atoms with E-state index in [4.69, 9.17) is 4.74 Å². The average molecular weight is 655 g/mol. The first-order valence-corrected chi connectivity index (χ1v) is 17.2. The number of halogens is 2. The van der Waals surface area contributed by atoms with E-state index in [1.807, 2.05) is 24.3 Å². The fourth-order valence-electron chi connectivity index (χ4n) is 7.85. The molecule has 0 radical (unpaired) electrons. The Bertz CT molecular complexity index is 1850. The first-order chi connectivity index (χ1) is 22.9. The van der Waals surface area contributed by atoms with Gasteiger partial charge >= 0.3 is 0 Å². The third-order valence-electron chi connectivity index (χ3n) is 12.1. The van der Waals surface area contributed by atoms with E-state index in [9.17, 15) is 13.6 Å². The van der Waals surface area contributed by atoms with E-state index in [-0.39, 0.29) is 33.3 Å². The molecule has 4 aromatic rings. The van der Waals surface area contributed by atoms with Crippen molar-refractivity contribution in [1.82, 2.24) is 15.1 Å². The maximum absolute atomic E-state index is 14.1. The van der Waals surface area contributed by atoms with Gasteiger partial charge in [0.1, 0.15) is 74.4 Å². The van der Waals surface area contributed by atoms with Crippen molar-refractivity contribution in [2.45, 2.75) is 46.7 Å². The van der Waals surface area contributed by atoms with E-state index in [0.29, 0.717) is 42.0 Å². The molecule has 246 valence electrons. The number of nitrogens with zero attached hydrogens (tertiary/aromatic N) is 3. The van der Waals surface area contributed by atoms with E-state index in [0.717, 1.165) is 41.4 Å². The summed E-state index contributed by atoms with van der Waals surface area (Å²) in [5.41, 5.74) is 4.42. The third-order valence-corrected chi connectivity index (χ3v) is 12.1. The minimum Gasteiger partial charge on any atom is -0.391 e. The maximum atomic E-state index is 14.1. The number of likely N-dealkylation sites (N-methyl/N-ethyl adjacent to an activating group) is 1. The summed E-state index contributed by atoms with van der Waals surface area (Å²) in [6.45, 7) is 1.34. The van der Waals surface area contributed by atoms with Gasteiger partial charge in [-0.3, -0.25) is 9.89 Å². The highest BCUT2D eigenvalue weighted by molar-refractivity contribution is 6.62. The van der Waals surface area contributed by atoms with Gasteiger partial charge in [-0.2, -0.15) is 5.10 Å². The highest BCUT2D eigenvalue weighted by Gasteiger charge is 2.60. The first-order valence-electron chi connectivity index (χ1n) is 17.2. The molecule has 3 aromatic carbocycles. The van der Waals surface area contributed by atoms with Crippen molar-refractivity contribution >= 4 is 96.8 Å². The maximum Gasteiger partial charge on any atom is 0.258 e. The Labute approximate surface area is 294 Å². The fraction of sp³-hybridized carbons (Fsp3) is 0.355. The zero-order valence-corrected chi connectivity index (χ0v) is 30.2. The molecule has 2 saturated heterocycles. The van der Waals surface area contributed by atoms with Crippen LogP contribution in [0.25, 0.3) is 10.9 Å². The van der Waals surface area contributed by atoms with Crippen molar-refractivity contribution < 1.29 is 18.3 Å². The van der Waals surface area contributed by atoms with Gasteiger partial charge < -0.3 is 25.2 Å². The van der Waals surface area contributed by atoms with Gasteiger partial charge in [0, 0.05) is 42.1 Å². The van der Waals surface area contributed by atoms with Crippen molar-refractivity contribution in [2.75, 3.05) is 35.8 Å². The number of aromatic amines is 1. The molecule has 0 atom stereocenters.